The van der Waals surface area contributed by atoms with E-state index in [4.69, 9.17) is 14.2 Å². The number of thiazole rings is 1. The summed E-state index contributed by atoms with van der Waals surface area (Å²) in [7, 11) is 0. The number of hydrogen-bond donors (Lipinski definition) is 0. The number of benzene rings is 2. The van der Waals surface area contributed by atoms with Crippen molar-refractivity contribution < 1.29 is 23.8 Å². The fourth-order valence-electron chi connectivity index (χ4n) is 5.51. The Bertz CT molecular complexity index is 1950. The highest BCUT2D eigenvalue weighted by Crippen LogP contribution is 2.36. The molecule has 0 fully saturated rings. The van der Waals surface area contributed by atoms with Crippen molar-refractivity contribution in [2.75, 3.05) is 19.8 Å². The zero-order valence-corrected chi connectivity index (χ0v) is 26.5. The largest absolute Gasteiger partial charge is 0.494 e. The number of aryl methyl sites for hydroxylation is 1. The molecule has 1 aliphatic rings. The van der Waals surface area contributed by atoms with E-state index in [-0.39, 0.29) is 18.1 Å². The number of rotatable bonds is 9. The van der Waals surface area contributed by atoms with Crippen molar-refractivity contribution in [2.24, 2.45) is 4.99 Å². The maximum Gasteiger partial charge on any atom is 0.338 e. The van der Waals surface area contributed by atoms with Gasteiger partial charge in [0.25, 0.3) is 5.56 Å². The molecular weight excluding hydrogens is 578 g/mol. The smallest absolute Gasteiger partial charge is 0.338 e. The van der Waals surface area contributed by atoms with Gasteiger partial charge in [-0.2, -0.15) is 0 Å². The van der Waals surface area contributed by atoms with Crippen LogP contribution in [0, 0.1) is 13.8 Å². The zero-order chi connectivity index (χ0) is 31.5. The van der Waals surface area contributed by atoms with Crippen molar-refractivity contribution in [3.05, 3.63) is 114 Å². The Balaban J connectivity index is 1.64. The highest BCUT2D eigenvalue weighted by atomic mass is 32.1. The van der Waals surface area contributed by atoms with Gasteiger partial charge in [-0.05, 0) is 89.6 Å². The van der Waals surface area contributed by atoms with Crippen LogP contribution in [0.3, 0.4) is 0 Å². The average molecular weight is 614 g/mol. The molecule has 5 rings (SSSR count). The average Bonchev–Trinajstić information content (AvgIpc) is 3.46. The molecule has 0 N–H and O–H groups in total. The van der Waals surface area contributed by atoms with E-state index in [1.54, 1.807) is 37.5 Å². The van der Waals surface area contributed by atoms with Gasteiger partial charge in [-0.3, -0.25) is 9.36 Å². The Morgan fingerprint density at radius 2 is 1.61 bits per heavy atom. The molecular formula is C34H35N3O6S. The molecule has 9 nitrogen and oxygen atoms in total. The molecule has 0 saturated carbocycles. The van der Waals surface area contributed by atoms with Crippen LogP contribution < -0.4 is 19.6 Å². The van der Waals surface area contributed by atoms with E-state index in [0.29, 0.717) is 50.7 Å². The van der Waals surface area contributed by atoms with Crippen LogP contribution in [0.5, 0.6) is 5.75 Å². The SMILES string of the molecule is CCOC(=O)C1=C(C)N=c2s/c(=C\c3cc(C)n(-c4ccc(C(=O)OCC)cc4)c3C)c(=O)n2[C@@H]1c1ccccc1OCC. The van der Waals surface area contributed by atoms with Gasteiger partial charge in [0.05, 0.1) is 41.2 Å². The first kappa shape index (κ1) is 30.7. The summed E-state index contributed by atoms with van der Waals surface area (Å²) in [5.74, 6) is -0.292. The molecule has 0 aliphatic carbocycles. The number of esters is 2. The summed E-state index contributed by atoms with van der Waals surface area (Å²) in [5.41, 5.74) is 5.36. The van der Waals surface area contributed by atoms with Crippen LogP contribution in [0.2, 0.25) is 0 Å². The summed E-state index contributed by atoms with van der Waals surface area (Å²) >= 11 is 1.28. The Morgan fingerprint density at radius 3 is 2.30 bits per heavy atom. The topological polar surface area (TPSA) is 101 Å². The molecule has 4 aromatic rings. The van der Waals surface area contributed by atoms with Gasteiger partial charge in [0.15, 0.2) is 4.80 Å². The van der Waals surface area contributed by atoms with E-state index in [9.17, 15) is 14.4 Å². The number of hydrogen-bond acceptors (Lipinski definition) is 8. The Hall–Kier alpha value is -4.70. The Morgan fingerprint density at radius 1 is 0.932 bits per heavy atom. The number of para-hydroxylation sites is 1. The van der Waals surface area contributed by atoms with Crippen molar-refractivity contribution in [3.8, 4) is 11.4 Å². The summed E-state index contributed by atoms with van der Waals surface area (Å²) in [5, 5.41) is 0. The first-order valence-electron chi connectivity index (χ1n) is 14.6. The molecule has 0 spiro atoms. The number of aromatic nitrogens is 2. The van der Waals surface area contributed by atoms with Crippen LogP contribution in [0.25, 0.3) is 11.8 Å². The fraction of sp³-hybridized carbons (Fsp3) is 0.294. The summed E-state index contributed by atoms with van der Waals surface area (Å²) in [4.78, 5) is 44.7. The standard InChI is InChI=1S/C34H35N3O6S/c1-7-41-27-13-11-10-12-26(27)30-29(33(40)43-9-3)21(5)35-34-37(30)31(38)28(44-34)19-24-18-20(4)36(22(24)6)25-16-14-23(15-17-25)32(39)42-8-2/h10-19,30H,7-9H2,1-6H3/b28-19-/t30-/m1/s1. The van der Waals surface area contributed by atoms with Crippen LogP contribution >= 0.6 is 11.3 Å². The van der Waals surface area contributed by atoms with E-state index >= 15 is 0 Å². The number of carbonyl (C=O) groups is 2. The third-order valence-corrected chi connectivity index (χ3v) is 8.41. The van der Waals surface area contributed by atoms with Crippen molar-refractivity contribution in [2.45, 2.75) is 47.6 Å². The van der Waals surface area contributed by atoms with Crippen LogP contribution in [-0.4, -0.2) is 40.9 Å². The van der Waals surface area contributed by atoms with Crippen LogP contribution in [0.4, 0.5) is 0 Å². The van der Waals surface area contributed by atoms with Gasteiger partial charge in [0.1, 0.15) is 11.8 Å². The summed E-state index contributed by atoms with van der Waals surface area (Å²) in [6, 6.07) is 15.9. The summed E-state index contributed by atoms with van der Waals surface area (Å²) < 4.78 is 20.6. The molecule has 2 aromatic carbocycles. The predicted molar refractivity (Wildman–Crippen MR) is 169 cm³/mol. The molecule has 44 heavy (non-hydrogen) atoms. The molecule has 0 saturated heterocycles. The van der Waals surface area contributed by atoms with E-state index in [1.165, 1.54) is 11.3 Å². The second-order valence-electron chi connectivity index (χ2n) is 10.2. The summed E-state index contributed by atoms with van der Waals surface area (Å²) in [6.07, 6.45) is 1.87. The molecule has 3 heterocycles. The highest BCUT2D eigenvalue weighted by Gasteiger charge is 2.35. The van der Waals surface area contributed by atoms with Crippen molar-refractivity contribution in [3.63, 3.8) is 0 Å². The third-order valence-electron chi connectivity index (χ3n) is 7.42. The quantitative estimate of drug-likeness (QED) is 0.252. The third kappa shape index (κ3) is 5.65. The summed E-state index contributed by atoms with van der Waals surface area (Å²) in [6.45, 7) is 12.1. The van der Waals surface area contributed by atoms with Crippen LogP contribution in [0.15, 0.2) is 75.7 Å². The molecule has 0 radical (unpaired) electrons. The van der Waals surface area contributed by atoms with Gasteiger partial charge < -0.3 is 18.8 Å². The predicted octanol–water partition coefficient (Wildman–Crippen LogP) is 4.78. The molecule has 2 aromatic heterocycles. The number of allylic oxidation sites excluding steroid dienone is 1. The minimum atomic E-state index is -0.763. The van der Waals surface area contributed by atoms with Crippen molar-refractivity contribution in [1.29, 1.82) is 0 Å². The fourth-order valence-corrected chi connectivity index (χ4v) is 6.55. The minimum Gasteiger partial charge on any atom is -0.494 e. The van der Waals surface area contributed by atoms with Gasteiger partial charge in [0, 0.05) is 22.6 Å². The van der Waals surface area contributed by atoms with Crippen LogP contribution in [0.1, 0.15) is 66.6 Å². The lowest BCUT2D eigenvalue weighted by atomic mass is 9.95. The maximum absolute atomic E-state index is 14.1. The Kier molecular flexibility index (Phi) is 9.01. The van der Waals surface area contributed by atoms with E-state index in [2.05, 4.69) is 9.56 Å². The lowest BCUT2D eigenvalue weighted by Gasteiger charge is -2.26. The van der Waals surface area contributed by atoms with Crippen molar-refractivity contribution >= 4 is 29.4 Å². The molecule has 0 amide bonds. The second kappa shape index (κ2) is 12.9. The van der Waals surface area contributed by atoms with E-state index in [1.807, 2.05) is 69.3 Å². The van der Waals surface area contributed by atoms with Gasteiger partial charge in [-0.15, -0.1) is 0 Å². The molecule has 0 bridgehead atoms. The number of nitrogens with zero attached hydrogens (tertiary/aromatic N) is 3. The number of fused-ring (bicyclic) bond motifs is 1. The van der Waals surface area contributed by atoms with Crippen LogP contribution in [-0.2, 0) is 14.3 Å². The first-order chi connectivity index (χ1) is 21.2. The molecule has 1 aliphatic heterocycles. The monoisotopic (exact) mass is 613 g/mol. The Labute approximate surface area is 259 Å². The minimum absolute atomic E-state index is 0.195. The molecule has 10 heteroatoms. The zero-order valence-electron chi connectivity index (χ0n) is 25.7. The second-order valence-corrected chi connectivity index (χ2v) is 11.2. The molecule has 0 unspecified atom stereocenters. The van der Waals surface area contributed by atoms with E-state index < -0.39 is 12.0 Å². The number of ether oxygens (including phenoxy) is 3. The first-order valence-corrected chi connectivity index (χ1v) is 15.4. The normalized spacial score (nSPS) is 14.7. The number of carbonyl (C=O) groups excluding carboxylic acids is 2. The van der Waals surface area contributed by atoms with E-state index in [0.717, 1.165) is 22.6 Å². The lowest BCUT2D eigenvalue weighted by Crippen LogP contribution is -2.40. The molecule has 228 valence electrons. The van der Waals surface area contributed by atoms with Gasteiger partial charge in [0.2, 0.25) is 0 Å². The lowest BCUT2D eigenvalue weighted by molar-refractivity contribution is -0.139. The van der Waals surface area contributed by atoms with Crippen molar-refractivity contribution in [1.82, 2.24) is 9.13 Å². The van der Waals surface area contributed by atoms with Gasteiger partial charge >= 0.3 is 11.9 Å². The highest BCUT2D eigenvalue weighted by molar-refractivity contribution is 7.07. The molecule has 1 atom stereocenters. The van der Waals surface area contributed by atoms with Gasteiger partial charge in [-0.1, -0.05) is 29.5 Å². The maximum atomic E-state index is 14.1. The van der Waals surface area contributed by atoms with Gasteiger partial charge in [-0.25, -0.2) is 14.6 Å².